The largest absolute Gasteiger partial charge is 0.232 e. The molecule has 0 aliphatic rings. The van der Waals surface area contributed by atoms with Crippen LogP contribution in [0.4, 0.5) is 0 Å². The van der Waals surface area contributed by atoms with Gasteiger partial charge in [-0.15, -0.1) is 0 Å². The van der Waals surface area contributed by atoms with Crippen molar-refractivity contribution in [2.45, 2.75) is 6.92 Å². The number of allylic oxidation sites excluding steroid dienone is 1. The molecule has 1 radical (unpaired) electrons. The summed E-state index contributed by atoms with van der Waals surface area (Å²) in [5.41, 5.74) is 1.90. The van der Waals surface area contributed by atoms with Crippen molar-refractivity contribution in [1.29, 1.82) is 0 Å². The van der Waals surface area contributed by atoms with Crippen molar-refractivity contribution < 1.29 is 5.11 Å². The molecule has 0 saturated carbocycles. The van der Waals surface area contributed by atoms with E-state index in [0.29, 0.717) is 0 Å². The first-order valence-corrected chi connectivity index (χ1v) is 3.67. The van der Waals surface area contributed by atoms with Gasteiger partial charge in [-0.3, -0.25) is 0 Å². The van der Waals surface area contributed by atoms with Gasteiger partial charge in [-0.05, 0) is 18.1 Å². The van der Waals surface area contributed by atoms with Gasteiger partial charge in [-0.25, -0.2) is 5.11 Å². The molecule has 0 atom stereocenters. The number of benzene rings is 1. The summed E-state index contributed by atoms with van der Waals surface area (Å²) in [6.07, 6.45) is 1.86. The Bertz CT molecular complexity index is 236. The highest BCUT2D eigenvalue weighted by Gasteiger charge is 1.96. The summed E-state index contributed by atoms with van der Waals surface area (Å²) >= 11 is 0. The Kier molecular flexibility index (Phi) is 2.87. The van der Waals surface area contributed by atoms with Gasteiger partial charge in [0, 0.05) is 0 Å². The fourth-order valence-corrected chi connectivity index (χ4v) is 0.986. The highest BCUT2D eigenvalue weighted by molar-refractivity contribution is 5.65. The minimum Gasteiger partial charge on any atom is -0.232 e. The van der Waals surface area contributed by atoms with Crippen LogP contribution in [0, 0.1) is 0 Å². The molecule has 1 aromatic rings. The minimum absolute atomic E-state index is 0.138. The molecule has 0 spiro atoms. The molecule has 0 saturated heterocycles. The summed E-state index contributed by atoms with van der Waals surface area (Å²) in [4.78, 5) is 0. The van der Waals surface area contributed by atoms with E-state index in [-0.39, 0.29) is 6.61 Å². The standard InChI is InChI=1S/C10H11O/c1-2-9(8-11)10-6-4-3-5-7-10/h2-7H,8H2,1H3/b9-2-. The van der Waals surface area contributed by atoms with Crippen LogP contribution in [0.5, 0.6) is 0 Å². The maximum Gasteiger partial charge on any atom is 0.108 e. The lowest BCUT2D eigenvalue weighted by molar-refractivity contribution is 0.239. The van der Waals surface area contributed by atoms with Gasteiger partial charge < -0.3 is 0 Å². The smallest absolute Gasteiger partial charge is 0.108 e. The zero-order valence-electron chi connectivity index (χ0n) is 6.58. The Morgan fingerprint density at radius 1 is 1.36 bits per heavy atom. The van der Waals surface area contributed by atoms with Crippen LogP contribution in [0.15, 0.2) is 36.4 Å². The molecule has 1 heteroatoms. The molecule has 0 N–H and O–H groups in total. The minimum atomic E-state index is -0.138. The summed E-state index contributed by atoms with van der Waals surface area (Å²) in [5.74, 6) is 0. The maximum absolute atomic E-state index is 10.6. The predicted octanol–water partition coefficient (Wildman–Crippen LogP) is 2.52. The lowest BCUT2D eigenvalue weighted by Crippen LogP contribution is -1.86. The van der Waals surface area contributed by atoms with Gasteiger partial charge in [0.2, 0.25) is 0 Å². The molecular weight excluding hydrogens is 136 g/mol. The van der Waals surface area contributed by atoms with Gasteiger partial charge in [-0.2, -0.15) is 0 Å². The van der Waals surface area contributed by atoms with Crippen LogP contribution < -0.4 is 0 Å². The molecule has 57 valence electrons. The summed E-state index contributed by atoms with van der Waals surface area (Å²) < 4.78 is 0. The van der Waals surface area contributed by atoms with E-state index in [0.717, 1.165) is 11.1 Å². The molecule has 0 aliphatic heterocycles. The van der Waals surface area contributed by atoms with Crippen molar-refractivity contribution in [3.8, 4) is 0 Å². The van der Waals surface area contributed by atoms with Crippen LogP contribution in [0.25, 0.3) is 5.57 Å². The lowest BCUT2D eigenvalue weighted by Gasteiger charge is -2.00. The SMILES string of the molecule is C/C=C(/C[O])c1ccccc1. The fraction of sp³-hybridized carbons (Fsp3) is 0.200. The van der Waals surface area contributed by atoms with Crippen LogP contribution in [0.1, 0.15) is 12.5 Å². The second kappa shape index (κ2) is 3.94. The van der Waals surface area contributed by atoms with Crippen molar-refractivity contribution in [3.63, 3.8) is 0 Å². The van der Waals surface area contributed by atoms with Crippen molar-refractivity contribution in [2.75, 3.05) is 6.61 Å². The third kappa shape index (κ3) is 1.92. The van der Waals surface area contributed by atoms with E-state index < -0.39 is 0 Å². The third-order valence-corrected chi connectivity index (χ3v) is 1.65. The second-order valence-corrected chi connectivity index (χ2v) is 2.32. The molecule has 0 amide bonds. The second-order valence-electron chi connectivity index (χ2n) is 2.32. The Morgan fingerprint density at radius 2 is 2.00 bits per heavy atom. The Hall–Kier alpha value is -1.08. The molecule has 0 unspecified atom stereocenters. The maximum atomic E-state index is 10.6. The zero-order valence-corrected chi connectivity index (χ0v) is 6.58. The normalized spacial score (nSPS) is 11.6. The van der Waals surface area contributed by atoms with E-state index >= 15 is 0 Å². The summed E-state index contributed by atoms with van der Waals surface area (Å²) in [5, 5.41) is 10.6. The highest BCUT2D eigenvalue weighted by atomic mass is 16.3. The Morgan fingerprint density at radius 3 is 2.45 bits per heavy atom. The molecule has 1 aromatic carbocycles. The van der Waals surface area contributed by atoms with Crippen LogP contribution in [0.2, 0.25) is 0 Å². The molecule has 0 fully saturated rings. The number of hydrogen-bond acceptors (Lipinski definition) is 0. The molecule has 1 nitrogen and oxygen atoms in total. The zero-order chi connectivity index (χ0) is 8.10. The summed E-state index contributed by atoms with van der Waals surface area (Å²) in [6, 6.07) is 9.73. The molecule has 0 aliphatic carbocycles. The predicted molar refractivity (Wildman–Crippen MR) is 45.6 cm³/mol. The van der Waals surface area contributed by atoms with Gasteiger partial charge in [0.15, 0.2) is 0 Å². The van der Waals surface area contributed by atoms with Gasteiger partial charge >= 0.3 is 0 Å². The van der Waals surface area contributed by atoms with E-state index in [2.05, 4.69) is 0 Å². The first-order valence-electron chi connectivity index (χ1n) is 3.67. The van der Waals surface area contributed by atoms with Gasteiger partial charge in [0.1, 0.15) is 6.61 Å². The highest BCUT2D eigenvalue weighted by Crippen LogP contribution is 2.12. The van der Waals surface area contributed by atoms with E-state index in [1.807, 2.05) is 43.3 Å². The van der Waals surface area contributed by atoms with Crippen LogP contribution in [-0.2, 0) is 5.11 Å². The molecule has 1 rings (SSSR count). The topological polar surface area (TPSA) is 19.9 Å². The van der Waals surface area contributed by atoms with E-state index in [1.54, 1.807) is 0 Å². The first-order chi connectivity index (χ1) is 5.38. The molecule has 11 heavy (non-hydrogen) atoms. The van der Waals surface area contributed by atoms with Gasteiger partial charge in [0.05, 0.1) is 0 Å². The van der Waals surface area contributed by atoms with Crippen LogP contribution >= 0.6 is 0 Å². The van der Waals surface area contributed by atoms with E-state index in [4.69, 9.17) is 0 Å². The van der Waals surface area contributed by atoms with Crippen molar-refractivity contribution in [2.24, 2.45) is 0 Å². The Labute approximate surface area is 67.0 Å². The molecule has 0 aromatic heterocycles. The van der Waals surface area contributed by atoms with Crippen LogP contribution in [0.3, 0.4) is 0 Å². The van der Waals surface area contributed by atoms with Gasteiger partial charge in [-0.1, -0.05) is 36.4 Å². The fourth-order valence-electron chi connectivity index (χ4n) is 0.986. The monoisotopic (exact) mass is 147 g/mol. The number of hydrogen-bond donors (Lipinski definition) is 0. The first kappa shape index (κ1) is 8.02. The van der Waals surface area contributed by atoms with Crippen molar-refractivity contribution >= 4 is 5.57 Å². The summed E-state index contributed by atoms with van der Waals surface area (Å²) in [6.45, 7) is 1.75. The van der Waals surface area contributed by atoms with E-state index in [1.165, 1.54) is 0 Å². The average Bonchev–Trinajstić information content (AvgIpc) is 2.09. The van der Waals surface area contributed by atoms with Crippen molar-refractivity contribution in [3.05, 3.63) is 42.0 Å². The summed E-state index contributed by atoms with van der Waals surface area (Å²) in [7, 11) is 0. The lowest BCUT2D eigenvalue weighted by atomic mass is 10.1. The third-order valence-electron chi connectivity index (χ3n) is 1.65. The average molecular weight is 147 g/mol. The van der Waals surface area contributed by atoms with Crippen molar-refractivity contribution in [1.82, 2.24) is 0 Å². The number of rotatable bonds is 2. The Balaban J connectivity index is 2.92. The van der Waals surface area contributed by atoms with Gasteiger partial charge in [0.25, 0.3) is 0 Å². The quantitative estimate of drug-likeness (QED) is 0.612. The molecular formula is C10H11O. The van der Waals surface area contributed by atoms with Crippen LogP contribution in [-0.4, -0.2) is 6.61 Å². The van der Waals surface area contributed by atoms with E-state index in [9.17, 15) is 5.11 Å². The molecule has 0 bridgehead atoms. The molecule has 0 heterocycles.